The second-order valence-corrected chi connectivity index (χ2v) is 7.26. The Morgan fingerprint density at radius 1 is 1.00 bits per heavy atom. The van der Waals surface area contributed by atoms with Gasteiger partial charge in [-0.25, -0.2) is 9.59 Å². The molecule has 0 aliphatic rings. The quantitative estimate of drug-likeness (QED) is 0.267. The van der Waals surface area contributed by atoms with E-state index in [-0.39, 0.29) is 15.1 Å². The van der Waals surface area contributed by atoms with Crippen LogP contribution in [0.3, 0.4) is 0 Å². The first-order valence-corrected chi connectivity index (χ1v) is 9.47. The highest BCUT2D eigenvalue weighted by atomic mass is 127. The van der Waals surface area contributed by atoms with Crippen LogP contribution in [0.15, 0.2) is 18.2 Å². The third-order valence-electron chi connectivity index (χ3n) is 3.94. The Bertz CT molecular complexity index is 528. The van der Waals surface area contributed by atoms with Gasteiger partial charge in [0.1, 0.15) is 0 Å². The Labute approximate surface area is 151 Å². The molecule has 1 rings (SSSR count). The van der Waals surface area contributed by atoms with Crippen LogP contribution >= 0.6 is 22.6 Å². The summed E-state index contributed by atoms with van der Waals surface area (Å²) in [5, 5.41) is 18.5. The van der Waals surface area contributed by atoms with Gasteiger partial charge in [0, 0.05) is 3.92 Å². The maximum Gasteiger partial charge on any atom is 0.336 e. The van der Waals surface area contributed by atoms with E-state index in [0.717, 1.165) is 19.3 Å². The number of carbonyl (C=O) groups is 2. The molecule has 4 nitrogen and oxygen atoms in total. The molecule has 1 aromatic carbocycles. The maximum atomic E-state index is 11.5. The summed E-state index contributed by atoms with van der Waals surface area (Å²) >= 11 is 2.22. The van der Waals surface area contributed by atoms with Gasteiger partial charge in [-0.3, -0.25) is 0 Å². The predicted octanol–water partition coefficient (Wildman–Crippen LogP) is 5.70. The number of benzene rings is 1. The second-order valence-electron chi connectivity index (χ2n) is 5.76. The molecule has 23 heavy (non-hydrogen) atoms. The first-order valence-electron chi connectivity index (χ1n) is 8.22. The third-order valence-corrected chi connectivity index (χ3v) is 5.23. The first kappa shape index (κ1) is 19.9. The molecule has 128 valence electrons. The van der Waals surface area contributed by atoms with E-state index in [4.69, 9.17) is 0 Å². The van der Waals surface area contributed by atoms with Crippen LogP contribution in [0.4, 0.5) is 0 Å². The van der Waals surface area contributed by atoms with Crippen LogP contribution in [0, 0.1) is 0 Å². The lowest BCUT2D eigenvalue weighted by atomic mass is 9.96. The van der Waals surface area contributed by atoms with Gasteiger partial charge in [-0.1, -0.05) is 86.6 Å². The number of hydrogen-bond acceptors (Lipinski definition) is 2. The SMILES string of the molecule is CCCCCCCCCC(I)c1cccc(C(=O)O)c1C(=O)O. The Balaban J connectivity index is 2.62. The summed E-state index contributed by atoms with van der Waals surface area (Å²) in [7, 11) is 0. The molecular weight excluding hydrogens is 407 g/mol. The van der Waals surface area contributed by atoms with Crippen LogP contribution in [-0.4, -0.2) is 22.2 Å². The van der Waals surface area contributed by atoms with E-state index in [1.807, 2.05) is 0 Å². The number of aromatic carboxylic acids is 2. The zero-order valence-corrected chi connectivity index (χ0v) is 15.7. The van der Waals surface area contributed by atoms with Crippen LogP contribution in [0.25, 0.3) is 0 Å². The fourth-order valence-electron chi connectivity index (χ4n) is 2.68. The lowest BCUT2D eigenvalue weighted by Crippen LogP contribution is -2.12. The van der Waals surface area contributed by atoms with E-state index in [2.05, 4.69) is 29.5 Å². The van der Waals surface area contributed by atoms with Crippen molar-refractivity contribution in [2.45, 2.75) is 62.2 Å². The van der Waals surface area contributed by atoms with E-state index in [0.29, 0.717) is 5.56 Å². The van der Waals surface area contributed by atoms with E-state index in [9.17, 15) is 19.8 Å². The van der Waals surface area contributed by atoms with E-state index >= 15 is 0 Å². The number of carboxylic acids is 2. The van der Waals surface area contributed by atoms with Crippen LogP contribution in [0.1, 0.15) is 88.5 Å². The summed E-state index contributed by atoms with van der Waals surface area (Å²) in [5.74, 6) is -2.36. The van der Waals surface area contributed by atoms with Gasteiger partial charge >= 0.3 is 11.9 Å². The van der Waals surface area contributed by atoms with E-state index in [1.165, 1.54) is 38.2 Å². The van der Waals surface area contributed by atoms with Crippen molar-refractivity contribution in [1.29, 1.82) is 0 Å². The van der Waals surface area contributed by atoms with Gasteiger partial charge in [0.15, 0.2) is 0 Å². The Kier molecular flexibility index (Phi) is 9.21. The fraction of sp³-hybridized carbons (Fsp3) is 0.556. The molecule has 1 unspecified atom stereocenters. The molecule has 0 aliphatic carbocycles. The van der Waals surface area contributed by atoms with Gasteiger partial charge in [0.2, 0.25) is 0 Å². The van der Waals surface area contributed by atoms with Gasteiger partial charge in [-0.15, -0.1) is 0 Å². The first-order chi connectivity index (χ1) is 11.0. The summed E-state index contributed by atoms with van der Waals surface area (Å²) in [6.45, 7) is 2.20. The lowest BCUT2D eigenvalue weighted by molar-refractivity contribution is 0.0650. The van der Waals surface area contributed by atoms with Crippen molar-refractivity contribution in [3.8, 4) is 0 Å². The predicted molar refractivity (Wildman–Crippen MR) is 99.7 cm³/mol. The lowest BCUT2D eigenvalue weighted by Gasteiger charge is -2.14. The Morgan fingerprint density at radius 3 is 2.17 bits per heavy atom. The van der Waals surface area contributed by atoms with Crippen molar-refractivity contribution < 1.29 is 19.8 Å². The van der Waals surface area contributed by atoms with Gasteiger partial charge in [0.05, 0.1) is 11.1 Å². The van der Waals surface area contributed by atoms with Crippen LogP contribution < -0.4 is 0 Å². The van der Waals surface area contributed by atoms with Gasteiger partial charge in [0.25, 0.3) is 0 Å². The number of unbranched alkanes of at least 4 members (excludes halogenated alkanes) is 6. The minimum atomic E-state index is -1.19. The normalized spacial score (nSPS) is 12.1. The summed E-state index contributed by atoms with van der Waals surface area (Å²) in [6, 6.07) is 4.71. The van der Waals surface area contributed by atoms with Crippen LogP contribution in [-0.2, 0) is 0 Å². The smallest absolute Gasteiger partial charge is 0.336 e. The Morgan fingerprint density at radius 2 is 1.61 bits per heavy atom. The highest BCUT2D eigenvalue weighted by molar-refractivity contribution is 14.1. The molecule has 2 N–H and O–H groups in total. The largest absolute Gasteiger partial charge is 0.478 e. The number of carboxylic acid groups (broad SMARTS) is 2. The number of halogens is 1. The minimum absolute atomic E-state index is 0.0219. The molecule has 0 saturated heterocycles. The van der Waals surface area contributed by atoms with E-state index in [1.54, 1.807) is 12.1 Å². The molecular formula is C18H25IO4. The summed E-state index contributed by atoms with van der Waals surface area (Å²) in [6.07, 6.45) is 9.34. The third kappa shape index (κ3) is 6.49. The standard InChI is InChI=1S/C18H25IO4/c1-2-3-4-5-6-7-8-12-15(19)13-10-9-11-14(17(20)21)16(13)18(22)23/h9-11,15H,2-8,12H2,1H3,(H,20,21)(H,22,23). The Hall–Kier alpha value is -1.11. The molecule has 0 radical (unpaired) electrons. The zero-order valence-electron chi connectivity index (χ0n) is 13.6. The van der Waals surface area contributed by atoms with Crippen molar-refractivity contribution in [2.24, 2.45) is 0 Å². The average molecular weight is 432 g/mol. The molecule has 0 amide bonds. The van der Waals surface area contributed by atoms with Crippen molar-refractivity contribution in [3.63, 3.8) is 0 Å². The molecule has 0 bridgehead atoms. The zero-order chi connectivity index (χ0) is 17.2. The number of rotatable bonds is 11. The fourth-order valence-corrected chi connectivity index (χ4v) is 3.64. The highest BCUT2D eigenvalue weighted by Gasteiger charge is 2.23. The van der Waals surface area contributed by atoms with Crippen molar-refractivity contribution >= 4 is 34.5 Å². The van der Waals surface area contributed by atoms with Crippen LogP contribution in [0.2, 0.25) is 0 Å². The van der Waals surface area contributed by atoms with Gasteiger partial charge < -0.3 is 10.2 Å². The van der Waals surface area contributed by atoms with E-state index < -0.39 is 11.9 Å². The molecule has 0 saturated carbocycles. The maximum absolute atomic E-state index is 11.5. The molecule has 0 heterocycles. The molecule has 0 aliphatic heterocycles. The summed E-state index contributed by atoms with van der Waals surface area (Å²) in [4.78, 5) is 22.7. The number of alkyl halides is 1. The molecule has 5 heteroatoms. The topological polar surface area (TPSA) is 74.6 Å². The molecule has 1 aromatic rings. The van der Waals surface area contributed by atoms with Crippen LogP contribution in [0.5, 0.6) is 0 Å². The molecule has 1 atom stereocenters. The average Bonchev–Trinajstić information content (AvgIpc) is 2.52. The summed E-state index contributed by atoms with van der Waals surface area (Å²) < 4.78 is 0.0219. The van der Waals surface area contributed by atoms with Gasteiger partial charge in [-0.05, 0) is 18.1 Å². The highest BCUT2D eigenvalue weighted by Crippen LogP contribution is 2.33. The second kappa shape index (κ2) is 10.6. The minimum Gasteiger partial charge on any atom is -0.478 e. The molecule has 0 fully saturated rings. The van der Waals surface area contributed by atoms with Crippen molar-refractivity contribution in [2.75, 3.05) is 0 Å². The van der Waals surface area contributed by atoms with Crippen molar-refractivity contribution in [3.05, 3.63) is 34.9 Å². The number of hydrogen-bond donors (Lipinski definition) is 2. The molecule has 0 spiro atoms. The molecule has 0 aromatic heterocycles. The monoisotopic (exact) mass is 432 g/mol. The van der Waals surface area contributed by atoms with Gasteiger partial charge in [-0.2, -0.15) is 0 Å². The summed E-state index contributed by atoms with van der Waals surface area (Å²) in [5.41, 5.74) is 0.419. The van der Waals surface area contributed by atoms with Crippen molar-refractivity contribution in [1.82, 2.24) is 0 Å².